The van der Waals surface area contributed by atoms with Crippen LogP contribution in [0.3, 0.4) is 0 Å². The summed E-state index contributed by atoms with van der Waals surface area (Å²) in [6, 6.07) is 6.07. The molecule has 1 amide bonds. The molecule has 4 rings (SSSR count). The summed E-state index contributed by atoms with van der Waals surface area (Å²) in [7, 11) is 0. The van der Waals surface area contributed by atoms with Gasteiger partial charge in [0.15, 0.2) is 4.77 Å². The van der Waals surface area contributed by atoms with Crippen molar-refractivity contribution in [2.24, 2.45) is 0 Å². The van der Waals surface area contributed by atoms with E-state index in [-0.39, 0.29) is 5.91 Å². The SMILES string of the molecule is CCn1c(C2CC2)nn(CN2CCN(CC(=O)Nc3c(C)cccc3C)CC2)c1=S. The van der Waals surface area contributed by atoms with Crippen molar-refractivity contribution >= 4 is 23.8 Å². The molecule has 1 saturated heterocycles. The molecule has 162 valence electrons. The van der Waals surface area contributed by atoms with Crippen molar-refractivity contribution in [3.05, 3.63) is 39.9 Å². The van der Waals surface area contributed by atoms with Gasteiger partial charge < -0.3 is 9.88 Å². The number of piperazine rings is 1. The molecule has 1 N–H and O–H groups in total. The van der Waals surface area contributed by atoms with E-state index in [0.717, 1.165) is 66.8 Å². The fraction of sp³-hybridized carbons (Fsp3) is 0.591. The van der Waals surface area contributed by atoms with Gasteiger partial charge in [0, 0.05) is 44.3 Å². The Kier molecular flexibility index (Phi) is 6.36. The number of carbonyl (C=O) groups excluding carboxylic acids is 1. The zero-order valence-electron chi connectivity index (χ0n) is 18.2. The lowest BCUT2D eigenvalue weighted by Gasteiger charge is -2.34. The quantitative estimate of drug-likeness (QED) is 0.687. The second-order valence-electron chi connectivity index (χ2n) is 8.51. The van der Waals surface area contributed by atoms with Crippen molar-refractivity contribution in [1.82, 2.24) is 24.1 Å². The summed E-state index contributed by atoms with van der Waals surface area (Å²) in [5.74, 6) is 1.81. The van der Waals surface area contributed by atoms with Crippen LogP contribution < -0.4 is 5.32 Å². The van der Waals surface area contributed by atoms with Gasteiger partial charge in [0.05, 0.1) is 13.2 Å². The third kappa shape index (κ3) is 4.66. The zero-order valence-corrected chi connectivity index (χ0v) is 19.0. The summed E-state index contributed by atoms with van der Waals surface area (Å²) in [6.45, 7) is 11.8. The first-order valence-corrected chi connectivity index (χ1v) is 11.4. The van der Waals surface area contributed by atoms with Gasteiger partial charge in [-0.3, -0.25) is 14.6 Å². The Morgan fingerprint density at radius 3 is 2.37 bits per heavy atom. The molecular weight excluding hydrogens is 396 g/mol. The van der Waals surface area contributed by atoms with Gasteiger partial charge in [0.1, 0.15) is 5.82 Å². The van der Waals surface area contributed by atoms with Crippen molar-refractivity contribution in [2.75, 3.05) is 38.0 Å². The standard InChI is InChI=1S/C22H32N6OS/c1-4-27-21(18-8-9-18)24-28(22(27)30)15-26-12-10-25(11-13-26)14-19(29)23-20-16(2)6-5-7-17(20)3/h5-7,18H,4,8-15H2,1-3H3,(H,23,29). The number of rotatable bonds is 7. The highest BCUT2D eigenvalue weighted by atomic mass is 32.1. The number of nitrogens with one attached hydrogen (secondary N) is 1. The molecule has 0 radical (unpaired) electrons. The first kappa shape index (κ1) is 21.2. The molecule has 0 atom stereocenters. The van der Waals surface area contributed by atoms with Gasteiger partial charge in [-0.1, -0.05) is 18.2 Å². The second-order valence-corrected chi connectivity index (χ2v) is 8.87. The van der Waals surface area contributed by atoms with E-state index in [1.807, 2.05) is 36.7 Å². The highest BCUT2D eigenvalue weighted by Gasteiger charge is 2.30. The topological polar surface area (TPSA) is 58.3 Å². The van der Waals surface area contributed by atoms with Gasteiger partial charge in [-0.15, -0.1) is 0 Å². The molecule has 8 heteroatoms. The molecule has 0 spiro atoms. The monoisotopic (exact) mass is 428 g/mol. The maximum Gasteiger partial charge on any atom is 0.238 e. The number of benzene rings is 1. The fourth-order valence-electron chi connectivity index (χ4n) is 4.16. The molecule has 1 saturated carbocycles. The predicted molar refractivity (Wildman–Crippen MR) is 121 cm³/mol. The Balaban J connectivity index is 1.29. The Morgan fingerprint density at radius 2 is 1.77 bits per heavy atom. The number of hydrogen-bond donors (Lipinski definition) is 1. The van der Waals surface area contributed by atoms with Crippen LogP contribution in [-0.2, 0) is 18.0 Å². The van der Waals surface area contributed by atoms with Crippen LogP contribution in [0.4, 0.5) is 5.69 Å². The first-order chi connectivity index (χ1) is 14.5. The summed E-state index contributed by atoms with van der Waals surface area (Å²) in [6.07, 6.45) is 2.46. The third-order valence-electron chi connectivity index (χ3n) is 6.12. The Morgan fingerprint density at radius 1 is 1.13 bits per heavy atom. The molecule has 2 fully saturated rings. The van der Waals surface area contributed by atoms with E-state index in [1.54, 1.807) is 0 Å². The third-order valence-corrected chi connectivity index (χ3v) is 6.55. The van der Waals surface area contributed by atoms with Crippen LogP contribution in [0.25, 0.3) is 0 Å². The van der Waals surface area contributed by atoms with E-state index < -0.39 is 0 Å². The molecular formula is C22H32N6OS. The molecule has 7 nitrogen and oxygen atoms in total. The summed E-state index contributed by atoms with van der Waals surface area (Å²) in [5.41, 5.74) is 3.14. The number of anilines is 1. The maximum absolute atomic E-state index is 12.5. The number of amides is 1. The van der Waals surface area contributed by atoms with E-state index in [4.69, 9.17) is 17.3 Å². The Bertz CT molecular complexity index is 948. The van der Waals surface area contributed by atoms with Gasteiger partial charge in [-0.25, -0.2) is 4.68 Å². The number of carbonyl (C=O) groups is 1. The van der Waals surface area contributed by atoms with Crippen LogP contribution in [-0.4, -0.2) is 62.8 Å². The molecule has 2 heterocycles. The number of para-hydroxylation sites is 1. The Hall–Kier alpha value is -2.03. The number of hydrogen-bond acceptors (Lipinski definition) is 5. The summed E-state index contributed by atoms with van der Waals surface area (Å²) in [5, 5.41) is 7.91. The highest BCUT2D eigenvalue weighted by Crippen LogP contribution is 2.39. The van der Waals surface area contributed by atoms with Crippen LogP contribution in [0.1, 0.15) is 42.6 Å². The average Bonchev–Trinajstić information content (AvgIpc) is 3.52. The van der Waals surface area contributed by atoms with Crippen molar-refractivity contribution in [2.45, 2.75) is 52.7 Å². The van der Waals surface area contributed by atoms with Crippen molar-refractivity contribution in [1.29, 1.82) is 0 Å². The van der Waals surface area contributed by atoms with E-state index in [9.17, 15) is 4.79 Å². The molecule has 2 aliphatic rings. The van der Waals surface area contributed by atoms with E-state index >= 15 is 0 Å². The molecule has 1 aromatic heterocycles. The van der Waals surface area contributed by atoms with Crippen molar-refractivity contribution < 1.29 is 4.79 Å². The van der Waals surface area contributed by atoms with Crippen molar-refractivity contribution in [3.63, 3.8) is 0 Å². The predicted octanol–water partition coefficient (Wildman–Crippen LogP) is 3.14. The van der Waals surface area contributed by atoms with Crippen LogP contribution >= 0.6 is 12.2 Å². The summed E-state index contributed by atoms with van der Waals surface area (Å²) >= 11 is 5.66. The Labute approximate surface area is 183 Å². The average molecular weight is 429 g/mol. The van der Waals surface area contributed by atoms with E-state index in [2.05, 4.69) is 26.6 Å². The first-order valence-electron chi connectivity index (χ1n) is 10.9. The van der Waals surface area contributed by atoms with Crippen LogP contribution in [0.15, 0.2) is 18.2 Å². The molecule has 1 aliphatic carbocycles. The lowest BCUT2D eigenvalue weighted by atomic mass is 10.1. The molecule has 1 aromatic carbocycles. The van der Waals surface area contributed by atoms with Crippen LogP contribution in [0.2, 0.25) is 0 Å². The van der Waals surface area contributed by atoms with E-state index in [0.29, 0.717) is 12.5 Å². The minimum atomic E-state index is 0.0545. The second kappa shape index (κ2) is 8.99. The van der Waals surface area contributed by atoms with Gasteiger partial charge in [0.25, 0.3) is 0 Å². The maximum atomic E-state index is 12.5. The zero-order chi connectivity index (χ0) is 21.3. The van der Waals surface area contributed by atoms with Gasteiger partial charge >= 0.3 is 0 Å². The van der Waals surface area contributed by atoms with Crippen molar-refractivity contribution in [3.8, 4) is 0 Å². The molecule has 0 bridgehead atoms. The fourth-order valence-corrected chi connectivity index (χ4v) is 4.48. The van der Waals surface area contributed by atoms with Crippen LogP contribution in [0, 0.1) is 18.6 Å². The van der Waals surface area contributed by atoms with E-state index in [1.165, 1.54) is 12.8 Å². The normalized spacial score (nSPS) is 18.0. The van der Waals surface area contributed by atoms with Gasteiger partial charge in [-0.2, -0.15) is 5.10 Å². The lowest BCUT2D eigenvalue weighted by molar-refractivity contribution is -0.117. The minimum Gasteiger partial charge on any atom is -0.324 e. The molecule has 1 aliphatic heterocycles. The number of nitrogens with zero attached hydrogens (tertiary/aromatic N) is 5. The summed E-state index contributed by atoms with van der Waals surface area (Å²) in [4.78, 5) is 17.1. The number of aryl methyl sites for hydroxylation is 2. The number of aromatic nitrogens is 3. The lowest BCUT2D eigenvalue weighted by Crippen LogP contribution is -2.49. The molecule has 30 heavy (non-hydrogen) atoms. The largest absolute Gasteiger partial charge is 0.324 e. The highest BCUT2D eigenvalue weighted by molar-refractivity contribution is 7.71. The van der Waals surface area contributed by atoms with Crippen LogP contribution in [0.5, 0.6) is 0 Å². The molecule has 0 unspecified atom stereocenters. The summed E-state index contributed by atoms with van der Waals surface area (Å²) < 4.78 is 4.99. The van der Waals surface area contributed by atoms with Gasteiger partial charge in [0.2, 0.25) is 5.91 Å². The smallest absolute Gasteiger partial charge is 0.238 e. The minimum absolute atomic E-state index is 0.0545. The van der Waals surface area contributed by atoms with Gasteiger partial charge in [-0.05, 0) is 57.0 Å². The molecule has 2 aromatic rings.